The molecule has 0 aliphatic carbocycles. The summed E-state index contributed by atoms with van der Waals surface area (Å²) >= 11 is 0. The van der Waals surface area contributed by atoms with Gasteiger partial charge in [0, 0.05) is 6.54 Å². The third kappa shape index (κ3) is 4.77. The molecule has 25 heavy (non-hydrogen) atoms. The average molecular weight is 352 g/mol. The fourth-order valence-electron chi connectivity index (χ4n) is 2.34. The van der Waals surface area contributed by atoms with E-state index in [1.54, 1.807) is 11.5 Å². The summed E-state index contributed by atoms with van der Waals surface area (Å²) in [6.07, 6.45) is 1.47. The van der Waals surface area contributed by atoms with Crippen LogP contribution in [0.25, 0.3) is 11.2 Å². The number of imidazole rings is 1. The van der Waals surface area contributed by atoms with Crippen molar-refractivity contribution in [1.29, 1.82) is 0 Å². The number of aromatic amines is 1. The van der Waals surface area contributed by atoms with E-state index in [1.807, 2.05) is 13.8 Å². The highest BCUT2D eigenvalue weighted by Gasteiger charge is 2.22. The number of nitrogen functional groups attached to an aromatic ring is 1. The number of hydrogen-bond donors (Lipinski definition) is 3. The largest absolute Gasteiger partial charge is 0.465 e. The highest BCUT2D eigenvalue weighted by molar-refractivity contribution is 5.76. The number of nitrogens with two attached hydrogens (primary N) is 1. The summed E-state index contributed by atoms with van der Waals surface area (Å²) in [6.45, 7) is 7.02. The van der Waals surface area contributed by atoms with Gasteiger partial charge in [-0.15, -0.1) is 0 Å². The van der Waals surface area contributed by atoms with E-state index in [0.29, 0.717) is 25.4 Å². The molecular weight excluding hydrogens is 328 g/mol. The van der Waals surface area contributed by atoms with E-state index >= 15 is 0 Å². The monoisotopic (exact) mass is 352 g/mol. The minimum Gasteiger partial charge on any atom is -0.465 e. The Labute approximate surface area is 144 Å². The molecule has 2 rings (SSSR count). The van der Waals surface area contributed by atoms with Crippen LogP contribution in [0.1, 0.15) is 20.8 Å². The van der Waals surface area contributed by atoms with Crippen molar-refractivity contribution in [2.75, 3.05) is 25.5 Å². The molecule has 10 heteroatoms. The zero-order valence-electron chi connectivity index (χ0n) is 14.6. The van der Waals surface area contributed by atoms with Gasteiger partial charge in [-0.25, -0.2) is 4.98 Å². The molecule has 0 spiro atoms. The third-order valence-electron chi connectivity index (χ3n) is 3.54. The smallest absolute Gasteiger partial charge is 0.323 e. The van der Waals surface area contributed by atoms with Crippen LogP contribution in [-0.2, 0) is 21.0 Å². The van der Waals surface area contributed by atoms with E-state index in [1.165, 1.54) is 6.33 Å². The van der Waals surface area contributed by atoms with Gasteiger partial charge in [-0.1, -0.05) is 13.8 Å². The van der Waals surface area contributed by atoms with Gasteiger partial charge in [0.05, 0.1) is 19.5 Å². The molecule has 4 N–H and O–H groups in total. The first-order valence-corrected chi connectivity index (χ1v) is 8.12. The summed E-state index contributed by atoms with van der Waals surface area (Å²) in [5, 5.41) is 3.12. The second kappa shape index (κ2) is 8.58. The molecule has 0 radical (unpaired) electrons. The van der Waals surface area contributed by atoms with Crippen LogP contribution < -0.4 is 16.6 Å². The SMILES string of the molecule is CCOC(=O)[C@@H](NCCOCn1cnc2c(=O)[nH]c(N)nc21)C(C)C. The molecule has 138 valence electrons. The lowest BCUT2D eigenvalue weighted by atomic mass is 10.1. The minimum atomic E-state index is -0.392. The predicted octanol–water partition coefficient (Wildman–Crippen LogP) is -0.147. The van der Waals surface area contributed by atoms with Crippen molar-refractivity contribution < 1.29 is 14.3 Å². The van der Waals surface area contributed by atoms with E-state index in [0.717, 1.165) is 0 Å². The topological polar surface area (TPSA) is 137 Å². The number of carbonyl (C=O) groups excluding carboxylic acids is 1. The second-order valence-corrected chi connectivity index (χ2v) is 5.80. The second-order valence-electron chi connectivity index (χ2n) is 5.80. The molecule has 0 amide bonds. The van der Waals surface area contributed by atoms with Crippen LogP contribution in [0.2, 0.25) is 0 Å². The number of H-pyrrole nitrogens is 1. The summed E-state index contributed by atoms with van der Waals surface area (Å²) in [5.41, 5.74) is 5.72. The Morgan fingerprint density at radius 3 is 2.92 bits per heavy atom. The summed E-state index contributed by atoms with van der Waals surface area (Å²) in [7, 11) is 0. The first-order valence-electron chi connectivity index (χ1n) is 8.12. The summed E-state index contributed by atoms with van der Waals surface area (Å²) < 4.78 is 12.2. The Balaban J connectivity index is 1.85. The molecule has 0 fully saturated rings. The molecule has 0 saturated heterocycles. The van der Waals surface area contributed by atoms with Crippen molar-refractivity contribution in [1.82, 2.24) is 24.8 Å². The Hall–Kier alpha value is -2.46. The number of fused-ring (bicyclic) bond motifs is 1. The normalized spacial score (nSPS) is 12.6. The van der Waals surface area contributed by atoms with Crippen molar-refractivity contribution in [3.8, 4) is 0 Å². The third-order valence-corrected chi connectivity index (χ3v) is 3.54. The number of anilines is 1. The number of nitrogens with zero attached hydrogens (tertiary/aromatic N) is 3. The van der Waals surface area contributed by atoms with Crippen LogP contribution in [0.15, 0.2) is 11.1 Å². The number of esters is 1. The fourth-order valence-corrected chi connectivity index (χ4v) is 2.34. The molecule has 2 aromatic heterocycles. The molecular formula is C15H24N6O4. The fraction of sp³-hybridized carbons (Fsp3) is 0.600. The molecule has 0 saturated carbocycles. The van der Waals surface area contributed by atoms with Crippen LogP contribution in [0.3, 0.4) is 0 Å². The van der Waals surface area contributed by atoms with Gasteiger partial charge >= 0.3 is 5.97 Å². The molecule has 10 nitrogen and oxygen atoms in total. The van der Waals surface area contributed by atoms with Gasteiger partial charge in [0.25, 0.3) is 5.56 Å². The Kier molecular flexibility index (Phi) is 6.48. The molecule has 0 bridgehead atoms. The van der Waals surface area contributed by atoms with E-state index in [9.17, 15) is 9.59 Å². The quantitative estimate of drug-likeness (QED) is 0.419. The molecule has 0 aromatic carbocycles. The summed E-state index contributed by atoms with van der Waals surface area (Å²) in [6, 6.07) is -0.377. The highest BCUT2D eigenvalue weighted by Crippen LogP contribution is 2.06. The number of nitrogens with one attached hydrogen (secondary N) is 2. The maximum Gasteiger partial charge on any atom is 0.323 e. The maximum absolute atomic E-state index is 11.9. The standard InChI is InChI=1S/C15H24N6O4/c1-4-25-14(23)10(9(2)3)17-5-6-24-8-21-7-18-11-12(21)19-15(16)20-13(11)22/h7,9-10,17H,4-6,8H2,1-3H3,(H3,16,19,20,22)/t10-/m0/s1. The molecule has 2 heterocycles. The van der Waals surface area contributed by atoms with E-state index in [4.69, 9.17) is 15.2 Å². The average Bonchev–Trinajstić information content (AvgIpc) is 2.93. The van der Waals surface area contributed by atoms with Crippen molar-refractivity contribution in [3.63, 3.8) is 0 Å². The van der Waals surface area contributed by atoms with Crippen molar-refractivity contribution in [2.45, 2.75) is 33.5 Å². The molecule has 0 aliphatic heterocycles. The summed E-state index contributed by atoms with van der Waals surface area (Å²) in [4.78, 5) is 34.0. The molecule has 1 atom stereocenters. The van der Waals surface area contributed by atoms with Crippen LogP contribution in [0, 0.1) is 5.92 Å². The Morgan fingerprint density at radius 1 is 1.48 bits per heavy atom. The number of ether oxygens (including phenoxy) is 2. The zero-order valence-corrected chi connectivity index (χ0v) is 14.6. The number of carbonyl (C=O) groups is 1. The van der Waals surface area contributed by atoms with Crippen LogP contribution in [-0.4, -0.2) is 51.3 Å². The van der Waals surface area contributed by atoms with E-state index < -0.39 is 5.56 Å². The minimum absolute atomic E-state index is 0.0233. The number of aromatic nitrogens is 4. The van der Waals surface area contributed by atoms with Gasteiger partial charge in [0.1, 0.15) is 12.8 Å². The molecule has 0 aliphatic rings. The van der Waals surface area contributed by atoms with Gasteiger partial charge in [-0.05, 0) is 12.8 Å². The first-order chi connectivity index (χ1) is 11.9. The Bertz CT molecular complexity index is 769. The van der Waals surface area contributed by atoms with Crippen molar-refractivity contribution in [3.05, 3.63) is 16.7 Å². The Morgan fingerprint density at radius 2 is 2.24 bits per heavy atom. The molecule has 0 unspecified atom stereocenters. The summed E-state index contributed by atoms with van der Waals surface area (Å²) in [5.74, 6) is -0.136. The maximum atomic E-state index is 11.9. The van der Waals surface area contributed by atoms with Gasteiger partial charge in [0.15, 0.2) is 11.2 Å². The highest BCUT2D eigenvalue weighted by atomic mass is 16.5. The van der Waals surface area contributed by atoms with Gasteiger partial charge in [-0.2, -0.15) is 4.98 Å². The first kappa shape index (κ1) is 18.9. The lowest BCUT2D eigenvalue weighted by Gasteiger charge is -2.20. The number of rotatable bonds is 9. The van der Waals surface area contributed by atoms with Gasteiger partial charge in [-0.3, -0.25) is 19.1 Å². The van der Waals surface area contributed by atoms with Crippen molar-refractivity contribution >= 4 is 23.1 Å². The molecule has 2 aromatic rings. The van der Waals surface area contributed by atoms with E-state index in [-0.39, 0.29) is 36.1 Å². The zero-order chi connectivity index (χ0) is 18.4. The van der Waals surface area contributed by atoms with Gasteiger partial charge < -0.3 is 20.5 Å². The van der Waals surface area contributed by atoms with Gasteiger partial charge in [0.2, 0.25) is 5.95 Å². The van der Waals surface area contributed by atoms with Crippen LogP contribution >= 0.6 is 0 Å². The predicted molar refractivity (Wildman–Crippen MR) is 91.8 cm³/mol. The van der Waals surface area contributed by atoms with E-state index in [2.05, 4.69) is 20.3 Å². The number of hydrogen-bond acceptors (Lipinski definition) is 8. The van der Waals surface area contributed by atoms with Crippen molar-refractivity contribution in [2.24, 2.45) is 5.92 Å². The lowest BCUT2D eigenvalue weighted by Crippen LogP contribution is -2.43. The lowest BCUT2D eigenvalue weighted by molar-refractivity contribution is -0.146. The van der Waals surface area contributed by atoms with Crippen LogP contribution in [0.5, 0.6) is 0 Å². The van der Waals surface area contributed by atoms with Crippen LogP contribution in [0.4, 0.5) is 5.95 Å².